The summed E-state index contributed by atoms with van der Waals surface area (Å²) in [7, 11) is 1.56. The normalized spacial score (nSPS) is 11.8. The summed E-state index contributed by atoms with van der Waals surface area (Å²) < 4.78 is 0. The molecule has 0 bridgehead atoms. The molecule has 0 aliphatic heterocycles. The molecule has 0 saturated heterocycles. The number of carbonyl (C=O) groups excluding carboxylic acids is 2. The highest BCUT2D eigenvalue weighted by Crippen LogP contribution is 2.21. The Morgan fingerprint density at radius 3 is 2.67 bits per heavy atom. The van der Waals surface area contributed by atoms with Crippen molar-refractivity contribution in [2.45, 2.75) is 13.0 Å². The number of rotatable bonds is 4. The zero-order chi connectivity index (χ0) is 15.4. The number of aryl methyl sites for hydroxylation is 1. The van der Waals surface area contributed by atoms with Crippen LogP contribution in [0.15, 0.2) is 35.7 Å². The van der Waals surface area contributed by atoms with Gasteiger partial charge in [-0.25, -0.2) is 0 Å². The first-order valence-corrected chi connectivity index (χ1v) is 7.33. The number of thiophene rings is 1. The minimum Gasteiger partial charge on any atom is -0.355 e. The number of hydrogen-bond acceptors (Lipinski definition) is 4. The van der Waals surface area contributed by atoms with Crippen LogP contribution in [0.1, 0.15) is 26.8 Å². The Kier molecular flexibility index (Phi) is 4.72. The number of amides is 2. The molecular weight excluding hydrogens is 286 g/mol. The van der Waals surface area contributed by atoms with Crippen LogP contribution in [0.3, 0.4) is 0 Å². The molecule has 2 rings (SSSR count). The van der Waals surface area contributed by atoms with Gasteiger partial charge in [0.1, 0.15) is 6.04 Å². The molecule has 1 aromatic heterocycles. The lowest BCUT2D eigenvalue weighted by molar-refractivity contribution is -0.117. The van der Waals surface area contributed by atoms with Gasteiger partial charge in [-0.05, 0) is 36.1 Å². The first-order chi connectivity index (χ1) is 10.0. The highest BCUT2D eigenvalue weighted by atomic mass is 32.1. The Bertz CT molecular complexity index is 653. The number of carbonyl (C=O) groups is 2. The van der Waals surface area contributed by atoms with Gasteiger partial charge in [-0.15, -0.1) is 11.3 Å². The summed E-state index contributed by atoms with van der Waals surface area (Å²) in [5.41, 5.74) is 7.87. The van der Waals surface area contributed by atoms with Gasteiger partial charge in [-0.3, -0.25) is 9.59 Å². The van der Waals surface area contributed by atoms with Crippen molar-refractivity contribution in [3.05, 3.63) is 51.7 Å². The first kappa shape index (κ1) is 15.2. The van der Waals surface area contributed by atoms with E-state index >= 15 is 0 Å². The summed E-state index contributed by atoms with van der Waals surface area (Å²) in [6.45, 7) is 1.86. The van der Waals surface area contributed by atoms with Crippen molar-refractivity contribution in [2.24, 2.45) is 5.73 Å². The van der Waals surface area contributed by atoms with Crippen LogP contribution < -0.4 is 16.4 Å². The summed E-state index contributed by atoms with van der Waals surface area (Å²) in [6.07, 6.45) is 0. The van der Waals surface area contributed by atoms with Gasteiger partial charge in [0.15, 0.2) is 0 Å². The van der Waals surface area contributed by atoms with E-state index < -0.39 is 6.04 Å². The van der Waals surface area contributed by atoms with Crippen LogP contribution >= 0.6 is 11.3 Å². The van der Waals surface area contributed by atoms with Crippen molar-refractivity contribution >= 4 is 28.8 Å². The van der Waals surface area contributed by atoms with Gasteiger partial charge >= 0.3 is 0 Å². The van der Waals surface area contributed by atoms with Gasteiger partial charge in [-0.1, -0.05) is 12.1 Å². The van der Waals surface area contributed by atoms with E-state index in [-0.39, 0.29) is 11.8 Å². The molecule has 0 aliphatic carbocycles. The predicted octanol–water partition coefficient (Wildman–Crippen LogP) is 2.05. The van der Waals surface area contributed by atoms with Gasteiger partial charge < -0.3 is 16.4 Å². The van der Waals surface area contributed by atoms with Crippen LogP contribution in [0.4, 0.5) is 5.69 Å². The van der Waals surface area contributed by atoms with E-state index in [0.29, 0.717) is 11.3 Å². The second kappa shape index (κ2) is 6.51. The maximum atomic E-state index is 12.2. The molecule has 6 heteroatoms. The Morgan fingerprint density at radius 1 is 1.29 bits per heavy atom. The predicted molar refractivity (Wildman–Crippen MR) is 84.4 cm³/mol. The molecule has 2 aromatic rings. The highest BCUT2D eigenvalue weighted by Gasteiger charge is 2.18. The van der Waals surface area contributed by atoms with Crippen LogP contribution in [0, 0.1) is 6.92 Å². The Morgan fingerprint density at radius 2 is 2.05 bits per heavy atom. The minimum absolute atomic E-state index is 0.201. The second-order valence-corrected chi connectivity index (χ2v) is 5.57. The third-order valence-electron chi connectivity index (χ3n) is 3.12. The summed E-state index contributed by atoms with van der Waals surface area (Å²) in [4.78, 5) is 24.6. The second-order valence-electron chi connectivity index (χ2n) is 4.59. The van der Waals surface area contributed by atoms with Gasteiger partial charge in [0.05, 0.1) is 0 Å². The van der Waals surface area contributed by atoms with Crippen molar-refractivity contribution in [1.82, 2.24) is 5.32 Å². The largest absolute Gasteiger partial charge is 0.355 e. The quantitative estimate of drug-likeness (QED) is 0.808. The standard InChI is InChI=1S/C15H17N3O2S/c1-9-5-6-10(14(19)17-2)8-11(9)18-15(20)13(16)12-4-3-7-21-12/h3-8,13H,16H2,1-2H3,(H,17,19)(H,18,20). The van der Waals surface area contributed by atoms with Crippen molar-refractivity contribution in [3.8, 4) is 0 Å². The van der Waals surface area contributed by atoms with Crippen LogP contribution in [0.2, 0.25) is 0 Å². The van der Waals surface area contributed by atoms with Crippen molar-refractivity contribution < 1.29 is 9.59 Å². The van der Waals surface area contributed by atoms with Crippen LogP contribution in [-0.2, 0) is 4.79 Å². The van der Waals surface area contributed by atoms with Crippen LogP contribution in [0.5, 0.6) is 0 Å². The molecule has 1 unspecified atom stereocenters. The maximum Gasteiger partial charge on any atom is 0.251 e. The van der Waals surface area contributed by atoms with Gasteiger partial charge in [0, 0.05) is 23.2 Å². The third-order valence-corrected chi connectivity index (χ3v) is 4.07. The average molecular weight is 303 g/mol. The van der Waals surface area contributed by atoms with E-state index in [2.05, 4.69) is 10.6 Å². The fourth-order valence-electron chi connectivity index (χ4n) is 1.85. The lowest BCUT2D eigenvalue weighted by Crippen LogP contribution is -2.27. The fraction of sp³-hybridized carbons (Fsp3) is 0.200. The molecule has 0 aliphatic rings. The molecular formula is C15H17N3O2S. The van der Waals surface area contributed by atoms with Crippen LogP contribution in [0.25, 0.3) is 0 Å². The Balaban J connectivity index is 2.19. The molecule has 4 N–H and O–H groups in total. The van der Waals surface area contributed by atoms with E-state index in [9.17, 15) is 9.59 Å². The van der Waals surface area contributed by atoms with E-state index in [1.54, 1.807) is 25.2 Å². The lowest BCUT2D eigenvalue weighted by atomic mass is 10.1. The molecule has 0 fully saturated rings. The summed E-state index contributed by atoms with van der Waals surface area (Å²) in [5, 5.41) is 7.21. The van der Waals surface area contributed by atoms with Gasteiger partial charge in [-0.2, -0.15) is 0 Å². The van der Waals surface area contributed by atoms with E-state index in [1.165, 1.54) is 11.3 Å². The first-order valence-electron chi connectivity index (χ1n) is 6.45. The average Bonchev–Trinajstić information content (AvgIpc) is 3.02. The smallest absolute Gasteiger partial charge is 0.251 e. The molecule has 0 radical (unpaired) electrons. The molecule has 0 saturated carbocycles. The van der Waals surface area contributed by atoms with Crippen molar-refractivity contribution in [3.63, 3.8) is 0 Å². The Hall–Kier alpha value is -2.18. The minimum atomic E-state index is -0.715. The third kappa shape index (κ3) is 3.48. The zero-order valence-electron chi connectivity index (χ0n) is 11.8. The molecule has 1 atom stereocenters. The molecule has 0 spiro atoms. The van der Waals surface area contributed by atoms with Crippen molar-refractivity contribution in [2.75, 3.05) is 12.4 Å². The number of nitrogens with two attached hydrogens (primary N) is 1. The molecule has 5 nitrogen and oxygen atoms in total. The molecule has 1 aromatic carbocycles. The number of nitrogens with one attached hydrogen (secondary N) is 2. The number of hydrogen-bond donors (Lipinski definition) is 3. The SMILES string of the molecule is CNC(=O)c1ccc(C)c(NC(=O)C(N)c2cccs2)c1. The van der Waals surface area contributed by atoms with Gasteiger partial charge in [0.25, 0.3) is 5.91 Å². The topological polar surface area (TPSA) is 84.2 Å². The zero-order valence-corrected chi connectivity index (χ0v) is 12.7. The summed E-state index contributed by atoms with van der Waals surface area (Å²) >= 11 is 1.44. The van der Waals surface area contributed by atoms with Crippen LogP contribution in [-0.4, -0.2) is 18.9 Å². The van der Waals surface area contributed by atoms with E-state index in [1.807, 2.05) is 24.4 Å². The fourth-order valence-corrected chi connectivity index (χ4v) is 2.58. The Labute approximate surface area is 127 Å². The molecule has 21 heavy (non-hydrogen) atoms. The van der Waals surface area contributed by atoms with E-state index in [0.717, 1.165) is 10.4 Å². The van der Waals surface area contributed by atoms with Crippen molar-refractivity contribution in [1.29, 1.82) is 0 Å². The summed E-state index contributed by atoms with van der Waals surface area (Å²) in [6, 6.07) is 8.11. The molecule has 110 valence electrons. The highest BCUT2D eigenvalue weighted by molar-refractivity contribution is 7.10. The number of anilines is 1. The van der Waals surface area contributed by atoms with Gasteiger partial charge in [0.2, 0.25) is 5.91 Å². The summed E-state index contributed by atoms with van der Waals surface area (Å²) in [5.74, 6) is -0.498. The number of benzene rings is 1. The lowest BCUT2D eigenvalue weighted by Gasteiger charge is -2.13. The molecule has 1 heterocycles. The maximum absolute atomic E-state index is 12.2. The molecule has 2 amide bonds. The monoisotopic (exact) mass is 303 g/mol. The van der Waals surface area contributed by atoms with E-state index in [4.69, 9.17) is 5.73 Å².